The van der Waals surface area contributed by atoms with Crippen LogP contribution in [0.25, 0.3) is 0 Å². The molecule has 13 heavy (non-hydrogen) atoms. The van der Waals surface area contributed by atoms with Gasteiger partial charge in [-0.25, -0.2) is 0 Å². The average Bonchev–Trinajstić information content (AvgIpc) is 2.71. The molecule has 0 bridgehead atoms. The summed E-state index contributed by atoms with van der Waals surface area (Å²) in [4.78, 5) is 2.23. The van der Waals surface area contributed by atoms with Crippen molar-refractivity contribution in [2.75, 3.05) is 30.3 Å². The number of nitrogen functional groups attached to an aromatic ring is 1. The van der Waals surface area contributed by atoms with Crippen LogP contribution < -0.4 is 10.6 Å². The molecule has 1 unspecified atom stereocenters. The topological polar surface area (TPSA) is 62.4 Å². The number of anilines is 2. The molecule has 4 nitrogen and oxygen atoms in total. The predicted molar refractivity (Wildman–Crippen MR) is 53.9 cm³/mol. The highest BCUT2D eigenvalue weighted by Gasteiger charge is 2.22. The van der Waals surface area contributed by atoms with Crippen LogP contribution in [-0.2, 0) is 0 Å². The summed E-state index contributed by atoms with van der Waals surface area (Å²) >= 11 is 1.43. The van der Waals surface area contributed by atoms with Crippen LogP contribution in [0, 0.1) is 5.92 Å². The fraction of sp³-hybridized carbons (Fsp3) is 0.625. The van der Waals surface area contributed by atoms with Gasteiger partial charge in [-0.05, 0) is 18.0 Å². The standard InChI is InChI=1S/C8H13N3OS/c9-7-3-8(13-10-7)11-2-1-6(4-11)5-12/h3,6,12H,1-2,4-5H2,(H2,9,10). The number of aromatic nitrogens is 1. The van der Waals surface area contributed by atoms with Gasteiger partial charge in [0.2, 0.25) is 0 Å². The molecule has 1 saturated heterocycles. The minimum Gasteiger partial charge on any atom is -0.396 e. The van der Waals surface area contributed by atoms with Crippen molar-refractivity contribution in [3.05, 3.63) is 6.07 Å². The molecule has 1 atom stereocenters. The smallest absolute Gasteiger partial charge is 0.139 e. The number of rotatable bonds is 2. The van der Waals surface area contributed by atoms with Gasteiger partial charge in [0.25, 0.3) is 0 Å². The Morgan fingerprint density at radius 3 is 3.15 bits per heavy atom. The summed E-state index contributed by atoms with van der Waals surface area (Å²) in [7, 11) is 0. The summed E-state index contributed by atoms with van der Waals surface area (Å²) in [6, 6.07) is 1.89. The molecule has 72 valence electrons. The van der Waals surface area contributed by atoms with E-state index < -0.39 is 0 Å². The van der Waals surface area contributed by atoms with Crippen LogP contribution >= 0.6 is 11.5 Å². The van der Waals surface area contributed by atoms with Crippen LogP contribution in [0.2, 0.25) is 0 Å². The third-order valence-corrected chi connectivity index (χ3v) is 3.24. The molecule has 1 aliphatic heterocycles. The Balaban J connectivity index is 2.03. The first-order chi connectivity index (χ1) is 6.29. The van der Waals surface area contributed by atoms with Gasteiger partial charge in [-0.15, -0.1) is 0 Å². The van der Waals surface area contributed by atoms with E-state index in [-0.39, 0.29) is 6.61 Å². The predicted octanol–water partition coefficient (Wildman–Crippen LogP) is 0.544. The SMILES string of the molecule is Nc1cc(N2CCC(CO)C2)sn1. The first kappa shape index (κ1) is 8.77. The Labute approximate surface area is 81.1 Å². The maximum absolute atomic E-state index is 8.97. The van der Waals surface area contributed by atoms with Crippen LogP contribution in [0.15, 0.2) is 6.07 Å². The molecule has 0 aromatic carbocycles. The lowest BCUT2D eigenvalue weighted by atomic mass is 10.1. The molecule has 1 aliphatic rings. The van der Waals surface area contributed by atoms with E-state index in [4.69, 9.17) is 10.8 Å². The van der Waals surface area contributed by atoms with Gasteiger partial charge < -0.3 is 15.7 Å². The van der Waals surface area contributed by atoms with Crippen LogP contribution in [0.1, 0.15) is 6.42 Å². The zero-order chi connectivity index (χ0) is 9.26. The molecule has 3 N–H and O–H groups in total. The number of aliphatic hydroxyl groups is 1. The van der Waals surface area contributed by atoms with Crippen LogP contribution in [0.4, 0.5) is 10.8 Å². The van der Waals surface area contributed by atoms with Gasteiger partial charge in [0.1, 0.15) is 10.8 Å². The lowest BCUT2D eigenvalue weighted by molar-refractivity contribution is 0.239. The van der Waals surface area contributed by atoms with E-state index in [0.717, 1.165) is 24.5 Å². The zero-order valence-corrected chi connectivity index (χ0v) is 8.13. The minimum absolute atomic E-state index is 0.283. The largest absolute Gasteiger partial charge is 0.396 e. The van der Waals surface area contributed by atoms with Crippen molar-refractivity contribution in [3.8, 4) is 0 Å². The molecule has 0 spiro atoms. The van der Waals surface area contributed by atoms with E-state index in [0.29, 0.717) is 11.7 Å². The molecule has 5 heteroatoms. The Hall–Kier alpha value is -0.810. The quantitative estimate of drug-likeness (QED) is 0.730. The summed E-state index contributed by atoms with van der Waals surface area (Å²) in [5.74, 6) is 1.01. The van der Waals surface area contributed by atoms with Gasteiger partial charge in [0, 0.05) is 31.7 Å². The lowest BCUT2D eigenvalue weighted by Gasteiger charge is -2.14. The Kier molecular flexibility index (Phi) is 2.37. The van der Waals surface area contributed by atoms with Crippen molar-refractivity contribution in [2.45, 2.75) is 6.42 Å². The van der Waals surface area contributed by atoms with E-state index >= 15 is 0 Å². The molecule has 2 heterocycles. The number of nitrogens with two attached hydrogens (primary N) is 1. The molecular formula is C8H13N3OS. The highest BCUT2D eigenvalue weighted by Crippen LogP contribution is 2.28. The van der Waals surface area contributed by atoms with Gasteiger partial charge in [0.05, 0.1) is 0 Å². The summed E-state index contributed by atoms with van der Waals surface area (Å²) in [5, 5.41) is 10.1. The summed E-state index contributed by atoms with van der Waals surface area (Å²) < 4.78 is 4.03. The number of nitrogens with zero attached hydrogens (tertiary/aromatic N) is 2. The molecule has 0 amide bonds. The Bertz CT molecular complexity index is 289. The second-order valence-corrected chi connectivity index (χ2v) is 4.16. The molecular weight excluding hydrogens is 186 g/mol. The third-order valence-electron chi connectivity index (χ3n) is 2.37. The van der Waals surface area contributed by atoms with E-state index in [9.17, 15) is 0 Å². The molecule has 0 radical (unpaired) electrons. The van der Waals surface area contributed by atoms with Gasteiger partial charge >= 0.3 is 0 Å². The number of hydrogen-bond acceptors (Lipinski definition) is 5. The number of aliphatic hydroxyl groups excluding tert-OH is 1. The van der Waals surface area contributed by atoms with E-state index in [1.807, 2.05) is 6.07 Å². The van der Waals surface area contributed by atoms with E-state index in [2.05, 4.69) is 9.27 Å². The third kappa shape index (κ3) is 1.76. The van der Waals surface area contributed by atoms with Crippen LogP contribution in [-0.4, -0.2) is 29.2 Å². The second-order valence-electron chi connectivity index (χ2n) is 3.37. The summed E-state index contributed by atoms with van der Waals surface area (Å²) in [6.07, 6.45) is 1.06. The molecule has 0 aliphatic carbocycles. The van der Waals surface area contributed by atoms with Crippen LogP contribution in [0.5, 0.6) is 0 Å². The normalized spacial score (nSPS) is 22.5. The molecule has 1 fully saturated rings. The molecule has 1 aromatic rings. The lowest BCUT2D eigenvalue weighted by Crippen LogP contribution is -2.19. The van der Waals surface area contributed by atoms with Crippen molar-refractivity contribution < 1.29 is 5.11 Å². The first-order valence-corrected chi connectivity index (χ1v) is 5.15. The molecule has 0 saturated carbocycles. The van der Waals surface area contributed by atoms with Crippen molar-refractivity contribution >= 4 is 22.4 Å². The van der Waals surface area contributed by atoms with Crippen molar-refractivity contribution in [1.82, 2.24) is 4.37 Å². The fourth-order valence-electron chi connectivity index (χ4n) is 1.61. The minimum atomic E-state index is 0.283. The van der Waals surface area contributed by atoms with Crippen molar-refractivity contribution in [1.29, 1.82) is 0 Å². The van der Waals surface area contributed by atoms with Crippen molar-refractivity contribution in [2.24, 2.45) is 5.92 Å². The fourth-order valence-corrected chi connectivity index (χ4v) is 2.32. The van der Waals surface area contributed by atoms with Crippen molar-refractivity contribution in [3.63, 3.8) is 0 Å². The number of hydrogen-bond donors (Lipinski definition) is 2. The summed E-state index contributed by atoms with van der Waals surface area (Å²) in [5.41, 5.74) is 5.54. The van der Waals surface area contributed by atoms with Gasteiger partial charge in [0.15, 0.2) is 0 Å². The van der Waals surface area contributed by atoms with Gasteiger partial charge in [-0.1, -0.05) is 0 Å². The molecule has 2 rings (SSSR count). The Morgan fingerprint density at radius 2 is 2.62 bits per heavy atom. The first-order valence-electron chi connectivity index (χ1n) is 4.37. The van der Waals surface area contributed by atoms with E-state index in [1.54, 1.807) is 0 Å². The highest BCUT2D eigenvalue weighted by molar-refractivity contribution is 7.10. The second kappa shape index (κ2) is 3.51. The maximum Gasteiger partial charge on any atom is 0.139 e. The molecule has 1 aromatic heterocycles. The van der Waals surface area contributed by atoms with Gasteiger partial charge in [-0.2, -0.15) is 4.37 Å². The average molecular weight is 199 g/mol. The zero-order valence-electron chi connectivity index (χ0n) is 7.31. The highest BCUT2D eigenvalue weighted by atomic mass is 32.1. The Morgan fingerprint density at radius 1 is 1.77 bits per heavy atom. The monoisotopic (exact) mass is 199 g/mol. The van der Waals surface area contributed by atoms with Crippen LogP contribution in [0.3, 0.4) is 0 Å². The summed E-state index contributed by atoms with van der Waals surface area (Å²) in [6.45, 7) is 2.22. The maximum atomic E-state index is 8.97. The van der Waals surface area contributed by atoms with Gasteiger partial charge in [-0.3, -0.25) is 0 Å². The van der Waals surface area contributed by atoms with E-state index in [1.165, 1.54) is 11.5 Å².